The number of hydrogen-bond acceptors (Lipinski definition) is 6. The summed E-state index contributed by atoms with van der Waals surface area (Å²) in [5.41, 5.74) is 0.604. The van der Waals surface area contributed by atoms with Gasteiger partial charge in [-0.1, -0.05) is 19.1 Å². The molecule has 0 fully saturated rings. The molecule has 0 aliphatic carbocycles. The molecule has 1 N–H and O–H groups in total. The lowest BCUT2D eigenvalue weighted by molar-refractivity contribution is -0.117. The third kappa shape index (κ3) is 5.14. The first-order valence-corrected chi connectivity index (χ1v) is 9.76. The Kier molecular flexibility index (Phi) is 6.50. The van der Waals surface area contributed by atoms with Crippen LogP contribution in [0, 0.1) is 5.82 Å². The molecule has 2 aromatic heterocycles. The van der Waals surface area contributed by atoms with E-state index in [2.05, 4.69) is 15.3 Å². The zero-order valence-electron chi connectivity index (χ0n) is 15.9. The van der Waals surface area contributed by atoms with E-state index in [1.54, 1.807) is 23.7 Å². The molecule has 0 saturated heterocycles. The van der Waals surface area contributed by atoms with E-state index in [-0.39, 0.29) is 24.0 Å². The van der Waals surface area contributed by atoms with Crippen molar-refractivity contribution < 1.29 is 18.4 Å². The number of hydrogen-bond donors (Lipinski definition) is 1. The van der Waals surface area contributed by atoms with Crippen molar-refractivity contribution in [1.82, 2.24) is 15.3 Å². The van der Waals surface area contributed by atoms with E-state index in [0.29, 0.717) is 16.7 Å². The Bertz CT molecular complexity index is 1040. The summed E-state index contributed by atoms with van der Waals surface area (Å²) in [5.74, 6) is -0.0400. The number of carbonyl (C=O) groups excluding carboxylic acids is 2. The molecule has 7 nitrogen and oxygen atoms in total. The number of halogens is 1. The Hall–Kier alpha value is -3.33. The summed E-state index contributed by atoms with van der Waals surface area (Å²) in [6.45, 7) is 3.47. The predicted molar refractivity (Wildman–Crippen MR) is 108 cm³/mol. The van der Waals surface area contributed by atoms with Crippen molar-refractivity contribution in [2.45, 2.75) is 26.8 Å². The van der Waals surface area contributed by atoms with E-state index >= 15 is 0 Å². The lowest BCUT2D eigenvalue weighted by atomic mass is 10.3. The van der Waals surface area contributed by atoms with Gasteiger partial charge in [0.2, 0.25) is 17.7 Å². The van der Waals surface area contributed by atoms with Crippen LogP contribution in [0.1, 0.15) is 31.2 Å². The number of thiazole rings is 1. The number of para-hydroxylation sites is 1. The van der Waals surface area contributed by atoms with Crippen molar-refractivity contribution in [2.24, 2.45) is 0 Å². The number of nitrogens with zero attached hydrogens (tertiary/aromatic N) is 3. The first kappa shape index (κ1) is 20.4. The highest BCUT2D eigenvalue weighted by Crippen LogP contribution is 2.30. The monoisotopic (exact) mass is 414 g/mol. The summed E-state index contributed by atoms with van der Waals surface area (Å²) in [7, 11) is 0. The maximum absolute atomic E-state index is 14.1. The second kappa shape index (κ2) is 9.24. The Morgan fingerprint density at radius 1 is 1.34 bits per heavy atom. The number of rotatable bonds is 7. The van der Waals surface area contributed by atoms with Crippen LogP contribution in [0.3, 0.4) is 0 Å². The summed E-state index contributed by atoms with van der Waals surface area (Å²) < 4.78 is 19.5. The number of anilines is 2. The molecule has 0 radical (unpaired) electrons. The van der Waals surface area contributed by atoms with Crippen LogP contribution in [-0.4, -0.2) is 21.8 Å². The van der Waals surface area contributed by atoms with E-state index in [9.17, 15) is 14.0 Å². The van der Waals surface area contributed by atoms with Crippen molar-refractivity contribution in [3.63, 3.8) is 0 Å². The fraction of sp³-hybridized carbons (Fsp3) is 0.200. The number of amides is 2. The van der Waals surface area contributed by atoms with E-state index < -0.39 is 5.82 Å². The van der Waals surface area contributed by atoms with Gasteiger partial charge < -0.3 is 9.73 Å². The van der Waals surface area contributed by atoms with Crippen LogP contribution >= 0.6 is 11.3 Å². The molecule has 3 rings (SSSR count). The molecular formula is C20H19FN4O3S. The SMILES string of the molecule is CCc1cnc(CNC(=O)C=Cc2csc(N(C(C)=O)c3ccccc3F)n2)o1. The van der Waals surface area contributed by atoms with Gasteiger partial charge in [-0.2, -0.15) is 0 Å². The van der Waals surface area contributed by atoms with Gasteiger partial charge in [0.15, 0.2) is 5.13 Å². The molecule has 0 bridgehead atoms. The van der Waals surface area contributed by atoms with E-state index in [1.807, 2.05) is 6.92 Å². The predicted octanol–water partition coefficient (Wildman–Crippen LogP) is 3.85. The largest absolute Gasteiger partial charge is 0.444 e. The standard InChI is InChI=1S/C20H19FN4O3S/c1-3-15-10-23-19(28-15)11-22-18(27)9-8-14-12-29-20(24-14)25(13(2)26)17-7-5-4-6-16(17)21/h4-10,12H,3,11H2,1-2H3,(H,22,27). The molecule has 0 spiro atoms. The Morgan fingerprint density at radius 2 is 2.14 bits per heavy atom. The molecule has 150 valence electrons. The molecule has 0 unspecified atom stereocenters. The van der Waals surface area contributed by atoms with Crippen LogP contribution in [0.25, 0.3) is 6.08 Å². The average Bonchev–Trinajstić information content (AvgIpc) is 3.35. The van der Waals surface area contributed by atoms with Gasteiger partial charge >= 0.3 is 0 Å². The van der Waals surface area contributed by atoms with Gasteiger partial charge in [0.25, 0.3) is 0 Å². The van der Waals surface area contributed by atoms with Crippen molar-refractivity contribution in [1.29, 1.82) is 0 Å². The minimum atomic E-state index is -0.521. The van der Waals surface area contributed by atoms with E-state index in [4.69, 9.17) is 4.42 Å². The maximum Gasteiger partial charge on any atom is 0.244 e. The molecule has 9 heteroatoms. The van der Waals surface area contributed by atoms with Gasteiger partial charge in [-0.15, -0.1) is 11.3 Å². The fourth-order valence-corrected chi connectivity index (χ4v) is 3.32. The van der Waals surface area contributed by atoms with Crippen molar-refractivity contribution in [3.8, 4) is 0 Å². The van der Waals surface area contributed by atoms with Crippen LogP contribution in [-0.2, 0) is 22.6 Å². The highest BCUT2D eigenvalue weighted by Gasteiger charge is 2.20. The van der Waals surface area contributed by atoms with Crippen molar-refractivity contribution in [3.05, 3.63) is 65.1 Å². The smallest absolute Gasteiger partial charge is 0.244 e. The second-order valence-electron chi connectivity index (χ2n) is 5.99. The van der Waals surface area contributed by atoms with Gasteiger partial charge in [0, 0.05) is 24.8 Å². The fourth-order valence-electron chi connectivity index (χ4n) is 2.47. The topological polar surface area (TPSA) is 88.3 Å². The lowest BCUT2D eigenvalue weighted by Crippen LogP contribution is -2.23. The van der Waals surface area contributed by atoms with Crippen LogP contribution < -0.4 is 10.2 Å². The molecule has 0 saturated carbocycles. The molecule has 0 atom stereocenters. The summed E-state index contributed by atoms with van der Waals surface area (Å²) in [4.78, 5) is 33.6. The minimum Gasteiger partial charge on any atom is -0.444 e. The van der Waals surface area contributed by atoms with Crippen LogP contribution in [0.15, 0.2) is 46.3 Å². The summed E-state index contributed by atoms with van der Waals surface area (Å²) >= 11 is 1.18. The Balaban J connectivity index is 1.66. The third-order valence-corrected chi connectivity index (χ3v) is 4.72. The third-order valence-electron chi connectivity index (χ3n) is 3.88. The lowest BCUT2D eigenvalue weighted by Gasteiger charge is -2.18. The van der Waals surface area contributed by atoms with Gasteiger partial charge in [0.05, 0.1) is 24.1 Å². The number of benzene rings is 1. The number of aromatic nitrogens is 2. The zero-order chi connectivity index (χ0) is 20.8. The molecule has 2 amide bonds. The number of carbonyl (C=O) groups is 2. The van der Waals surface area contributed by atoms with Gasteiger partial charge in [-0.05, 0) is 18.2 Å². The Labute approximate surface area is 170 Å². The molecule has 0 aliphatic heterocycles. The van der Waals surface area contributed by atoms with Crippen LogP contribution in [0.5, 0.6) is 0 Å². The normalized spacial score (nSPS) is 11.0. The van der Waals surface area contributed by atoms with Gasteiger partial charge in [-0.25, -0.2) is 14.4 Å². The summed E-state index contributed by atoms with van der Waals surface area (Å²) in [6, 6.07) is 5.98. The highest BCUT2D eigenvalue weighted by atomic mass is 32.1. The molecule has 0 aliphatic rings. The number of oxazole rings is 1. The quantitative estimate of drug-likeness (QED) is 0.594. The van der Waals surface area contributed by atoms with E-state index in [0.717, 1.165) is 12.2 Å². The highest BCUT2D eigenvalue weighted by molar-refractivity contribution is 7.14. The number of nitrogens with one attached hydrogen (secondary N) is 1. The molecule has 1 aromatic carbocycles. The molecular weight excluding hydrogens is 395 g/mol. The summed E-state index contributed by atoms with van der Waals surface area (Å²) in [6.07, 6.45) is 5.20. The minimum absolute atomic E-state index is 0.125. The van der Waals surface area contributed by atoms with Crippen molar-refractivity contribution in [2.75, 3.05) is 4.90 Å². The second-order valence-corrected chi connectivity index (χ2v) is 6.82. The van der Waals surface area contributed by atoms with Crippen LogP contribution in [0.2, 0.25) is 0 Å². The molecule has 3 aromatic rings. The molecule has 29 heavy (non-hydrogen) atoms. The molecule has 2 heterocycles. The first-order chi connectivity index (χ1) is 14.0. The zero-order valence-corrected chi connectivity index (χ0v) is 16.7. The summed E-state index contributed by atoms with van der Waals surface area (Å²) in [5, 5.41) is 4.66. The van der Waals surface area contributed by atoms with Gasteiger partial charge in [0.1, 0.15) is 11.6 Å². The van der Waals surface area contributed by atoms with E-state index in [1.165, 1.54) is 47.4 Å². The Morgan fingerprint density at radius 3 is 2.83 bits per heavy atom. The maximum atomic E-state index is 14.1. The van der Waals surface area contributed by atoms with Crippen molar-refractivity contribution >= 4 is 40.0 Å². The van der Waals surface area contributed by atoms with Crippen LogP contribution in [0.4, 0.5) is 15.2 Å². The number of aryl methyl sites for hydroxylation is 1. The first-order valence-electron chi connectivity index (χ1n) is 8.88. The average molecular weight is 414 g/mol. The van der Waals surface area contributed by atoms with Gasteiger partial charge in [-0.3, -0.25) is 14.5 Å².